The maximum absolute atomic E-state index is 11.5. The van der Waals surface area contributed by atoms with E-state index in [-0.39, 0.29) is 24.1 Å². The highest BCUT2D eigenvalue weighted by Gasteiger charge is 2.16. The van der Waals surface area contributed by atoms with Crippen molar-refractivity contribution in [2.75, 3.05) is 0 Å². The number of para-hydroxylation sites is 1. The summed E-state index contributed by atoms with van der Waals surface area (Å²) in [7, 11) is 0. The van der Waals surface area contributed by atoms with E-state index in [1.54, 1.807) is 31.2 Å². The maximum Gasteiger partial charge on any atom is 0.314 e. The van der Waals surface area contributed by atoms with E-state index in [9.17, 15) is 9.59 Å². The number of esters is 1. The van der Waals surface area contributed by atoms with Crippen LogP contribution in [0.3, 0.4) is 0 Å². The first-order valence-electron chi connectivity index (χ1n) is 4.86. The standard InChI is InChI=1S/C12H14O3/c1-9(8-10(2)13)12(14)15-11-6-4-3-5-7-11/h3-7,9H,8H2,1-2H3. The molecule has 0 aliphatic carbocycles. The highest BCUT2D eigenvalue weighted by Crippen LogP contribution is 2.12. The summed E-state index contributed by atoms with van der Waals surface area (Å²) in [5, 5.41) is 0. The van der Waals surface area contributed by atoms with E-state index < -0.39 is 0 Å². The second-order valence-corrected chi connectivity index (χ2v) is 3.54. The first-order chi connectivity index (χ1) is 7.09. The second-order valence-electron chi connectivity index (χ2n) is 3.54. The number of carbonyl (C=O) groups is 2. The smallest absolute Gasteiger partial charge is 0.314 e. The zero-order chi connectivity index (χ0) is 11.3. The first-order valence-corrected chi connectivity index (χ1v) is 4.86. The van der Waals surface area contributed by atoms with E-state index in [2.05, 4.69) is 0 Å². The van der Waals surface area contributed by atoms with Crippen LogP contribution in [0, 0.1) is 5.92 Å². The lowest BCUT2D eigenvalue weighted by Crippen LogP contribution is -2.19. The number of carbonyl (C=O) groups excluding carboxylic acids is 2. The molecule has 0 amide bonds. The molecule has 80 valence electrons. The lowest BCUT2D eigenvalue weighted by atomic mass is 10.1. The van der Waals surface area contributed by atoms with Gasteiger partial charge in [0.1, 0.15) is 11.5 Å². The van der Waals surface area contributed by atoms with Crippen LogP contribution >= 0.6 is 0 Å². The van der Waals surface area contributed by atoms with Gasteiger partial charge in [-0.2, -0.15) is 0 Å². The summed E-state index contributed by atoms with van der Waals surface area (Å²) >= 11 is 0. The Morgan fingerprint density at radius 1 is 1.27 bits per heavy atom. The molecule has 0 aliphatic heterocycles. The van der Waals surface area contributed by atoms with Crippen LogP contribution in [0.25, 0.3) is 0 Å². The van der Waals surface area contributed by atoms with Crippen molar-refractivity contribution < 1.29 is 14.3 Å². The third-order valence-electron chi connectivity index (χ3n) is 1.96. The van der Waals surface area contributed by atoms with E-state index >= 15 is 0 Å². The van der Waals surface area contributed by atoms with Gasteiger partial charge in [-0.25, -0.2) is 0 Å². The average molecular weight is 206 g/mol. The third kappa shape index (κ3) is 3.94. The molecule has 0 aliphatic rings. The molecule has 1 aromatic rings. The predicted octanol–water partition coefficient (Wildman–Crippen LogP) is 2.21. The number of ketones is 1. The summed E-state index contributed by atoms with van der Waals surface area (Å²) in [5.41, 5.74) is 0. The van der Waals surface area contributed by atoms with Crippen LogP contribution in [0.4, 0.5) is 0 Å². The van der Waals surface area contributed by atoms with Crippen LogP contribution in [-0.2, 0) is 9.59 Å². The highest BCUT2D eigenvalue weighted by atomic mass is 16.5. The molecule has 0 N–H and O–H groups in total. The lowest BCUT2D eigenvalue weighted by Gasteiger charge is -2.08. The van der Waals surface area contributed by atoms with Crippen LogP contribution in [-0.4, -0.2) is 11.8 Å². The van der Waals surface area contributed by atoms with E-state index in [1.807, 2.05) is 6.07 Å². The summed E-state index contributed by atoms with van der Waals surface area (Å²) in [6.45, 7) is 3.15. The van der Waals surface area contributed by atoms with Gasteiger partial charge in [-0.1, -0.05) is 25.1 Å². The fraction of sp³-hybridized carbons (Fsp3) is 0.333. The highest BCUT2D eigenvalue weighted by molar-refractivity contribution is 5.83. The van der Waals surface area contributed by atoms with Gasteiger partial charge in [0.15, 0.2) is 0 Å². The summed E-state index contributed by atoms with van der Waals surface area (Å²) in [6.07, 6.45) is 0.228. The molecule has 1 rings (SSSR count). The largest absolute Gasteiger partial charge is 0.426 e. The molecule has 3 nitrogen and oxygen atoms in total. The summed E-state index contributed by atoms with van der Waals surface area (Å²) in [6, 6.07) is 8.84. The van der Waals surface area contributed by atoms with Crippen molar-refractivity contribution in [3.05, 3.63) is 30.3 Å². The Kier molecular flexibility index (Phi) is 4.03. The molecule has 3 heteroatoms. The number of rotatable bonds is 4. The molecule has 1 unspecified atom stereocenters. The van der Waals surface area contributed by atoms with Crippen LogP contribution in [0.15, 0.2) is 30.3 Å². The van der Waals surface area contributed by atoms with Gasteiger partial charge in [0.05, 0.1) is 5.92 Å². The van der Waals surface area contributed by atoms with Gasteiger partial charge in [-0.05, 0) is 19.1 Å². The fourth-order valence-electron chi connectivity index (χ4n) is 1.22. The molecule has 0 bridgehead atoms. The summed E-state index contributed by atoms with van der Waals surface area (Å²) in [4.78, 5) is 22.3. The molecule has 0 saturated carbocycles. The Morgan fingerprint density at radius 2 is 1.87 bits per heavy atom. The van der Waals surface area contributed by atoms with E-state index in [0.29, 0.717) is 5.75 Å². The van der Waals surface area contributed by atoms with Crippen molar-refractivity contribution in [1.29, 1.82) is 0 Å². The van der Waals surface area contributed by atoms with Gasteiger partial charge >= 0.3 is 5.97 Å². The first kappa shape index (κ1) is 11.4. The molecule has 15 heavy (non-hydrogen) atoms. The quantitative estimate of drug-likeness (QED) is 0.560. The third-order valence-corrected chi connectivity index (χ3v) is 1.96. The summed E-state index contributed by atoms with van der Waals surface area (Å²) < 4.78 is 5.09. The summed E-state index contributed by atoms with van der Waals surface area (Å²) in [5.74, 6) is -0.246. The van der Waals surface area contributed by atoms with Crippen molar-refractivity contribution in [1.82, 2.24) is 0 Å². The SMILES string of the molecule is CC(=O)CC(C)C(=O)Oc1ccccc1. The van der Waals surface area contributed by atoms with Gasteiger partial charge in [0.25, 0.3) is 0 Å². The van der Waals surface area contributed by atoms with Gasteiger partial charge in [-0.15, -0.1) is 0 Å². The fourth-order valence-corrected chi connectivity index (χ4v) is 1.22. The van der Waals surface area contributed by atoms with Crippen LogP contribution < -0.4 is 4.74 Å². The Hall–Kier alpha value is -1.64. The number of benzene rings is 1. The Balaban J connectivity index is 2.52. The molecule has 1 atom stereocenters. The average Bonchev–Trinajstić information content (AvgIpc) is 2.18. The van der Waals surface area contributed by atoms with Crippen molar-refractivity contribution >= 4 is 11.8 Å². The number of hydrogen-bond acceptors (Lipinski definition) is 3. The van der Waals surface area contributed by atoms with E-state index in [1.165, 1.54) is 6.92 Å². The lowest BCUT2D eigenvalue weighted by molar-refractivity contribution is -0.140. The van der Waals surface area contributed by atoms with Crippen LogP contribution in [0.2, 0.25) is 0 Å². The Bertz CT molecular complexity index is 343. The van der Waals surface area contributed by atoms with E-state index in [4.69, 9.17) is 4.74 Å². The molecule has 0 saturated heterocycles. The van der Waals surface area contributed by atoms with Crippen molar-refractivity contribution in [2.45, 2.75) is 20.3 Å². The Labute approximate surface area is 89.1 Å². The molecule has 0 aromatic heterocycles. The van der Waals surface area contributed by atoms with Crippen LogP contribution in [0.1, 0.15) is 20.3 Å². The van der Waals surface area contributed by atoms with Crippen molar-refractivity contribution in [3.63, 3.8) is 0 Å². The minimum Gasteiger partial charge on any atom is -0.426 e. The number of Topliss-reactive ketones (excluding diaryl/α,β-unsaturated/α-hetero) is 1. The molecule has 1 aromatic carbocycles. The van der Waals surface area contributed by atoms with Crippen molar-refractivity contribution in [2.24, 2.45) is 5.92 Å². The zero-order valence-corrected chi connectivity index (χ0v) is 8.90. The molecular weight excluding hydrogens is 192 g/mol. The minimum absolute atomic E-state index is 0.00693. The monoisotopic (exact) mass is 206 g/mol. The maximum atomic E-state index is 11.5. The van der Waals surface area contributed by atoms with Gasteiger partial charge in [-0.3, -0.25) is 4.79 Å². The topological polar surface area (TPSA) is 43.4 Å². The van der Waals surface area contributed by atoms with Crippen molar-refractivity contribution in [3.8, 4) is 5.75 Å². The zero-order valence-electron chi connectivity index (χ0n) is 8.90. The van der Waals surface area contributed by atoms with Crippen LogP contribution in [0.5, 0.6) is 5.75 Å². The minimum atomic E-state index is -0.386. The predicted molar refractivity (Wildman–Crippen MR) is 56.5 cm³/mol. The number of ether oxygens (including phenoxy) is 1. The normalized spacial score (nSPS) is 11.9. The molecule has 0 spiro atoms. The second kappa shape index (κ2) is 5.29. The number of hydrogen-bond donors (Lipinski definition) is 0. The van der Waals surface area contributed by atoms with Gasteiger partial charge in [0, 0.05) is 6.42 Å². The molecule has 0 heterocycles. The molecule has 0 radical (unpaired) electrons. The van der Waals surface area contributed by atoms with Gasteiger partial charge in [0.2, 0.25) is 0 Å². The van der Waals surface area contributed by atoms with E-state index in [0.717, 1.165) is 0 Å². The Morgan fingerprint density at radius 3 is 2.40 bits per heavy atom. The van der Waals surface area contributed by atoms with Gasteiger partial charge < -0.3 is 9.53 Å². The molecular formula is C12H14O3. The molecule has 0 fully saturated rings.